The number of ether oxygens (including phenoxy) is 11. The molecule has 10 atom stereocenters. The van der Waals surface area contributed by atoms with Gasteiger partial charge in [-0.2, -0.15) is 0 Å². The lowest BCUT2D eigenvalue weighted by Crippen LogP contribution is -2.66. The summed E-state index contributed by atoms with van der Waals surface area (Å²) in [5.74, 6) is -6.98. The second-order valence-corrected chi connectivity index (χ2v) is 10.3. The molecule has 5 unspecified atom stereocenters. The smallest absolute Gasteiger partial charge is 0.303 e. The lowest BCUT2D eigenvalue weighted by molar-refractivity contribution is -0.377. The Bertz CT molecular complexity index is 1110. The number of carbonyl (C=O) groups is 8. The van der Waals surface area contributed by atoms with E-state index in [-0.39, 0.29) is 0 Å². The Morgan fingerprint density at radius 1 is 0.383 bits per heavy atom. The highest BCUT2D eigenvalue weighted by Crippen LogP contribution is 2.35. The highest BCUT2D eigenvalue weighted by atomic mass is 16.8. The fraction of sp³-hybridized carbons (Fsp3) is 0.714. The molecule has 0 N–H and O–H groups in total. The SMILES string of the molecule is CC(=O)OCC1O[C@@H](O[C@H]2OC(COC(C)=O)[C@@H](OC(C)=O)[C@H](OC(C)=O)C2OC(C)=O)C(OC(C)=O)C(OC(C)=O)[C@H]1OC(C)=O. The molecule has 0 amide bonds. The molecule has 0 aromatic carbocycles. The summed E-state index contributed by atoms with van der Waals surface area (Å²) in [6.45, 7) is 7.10. The average molecular weight is 679 g/mol. The van der Waals surface area contributed by atoms with Gasteiger partial charge in [-0.3, -0.25) is 38.4 Å². The first-order valence-electron chi connectivity index (χ1n) is 14.2. The van der Waals surface area contributed by atoms with E-state index in [2.05, 4.69) is 0 Å². The molecular weight excluding hydrogens is 640 g/mol. The zero-order valence-electron chi connectivity index (χ0n) is 26.9. The number of hydrogen-bond acceptors (Lipinski definition) is 19. The molecule has 2 fully saturated rings. The van der Waals surface area contributed by atoms with Crippen LogP contribution in [0.5, 0.6) is 0 Å². The molecule has 2 heterocycles. The van der Waals surface area contributed by atoms with Gasteiger partial charge in [0, 0.05) is 55.4 Å². The number of hydrogen-bond donors (Lipinski definition) is 0. The lowest BCUT2D eigenvalue weighted by atomic mass is 9.96. The van der Waals surface area contributed by atoms with Gasteiger partial charge in [-0.15, -0.1) is 0 Å². The molecule has 47 heavy (non-hydrogen) atoms. The molecule has 0 aliphatic carbocycles. The van der Waals surface area contributed by atoms with Crippen LogP contribution >= 0.6 is 0 Å². The second kappa shape index (κ2) is 17.5. The molecule has 2 aliphatic heterocycles. The van der Waals surface area contributed by atoms with E-state index in [1.807, 2.05) is 0 Å². The lowest BCUT2D eigenvalue weighted by Gasteiger charge is -2.48. The number of rotatable bonds is 12. The molecule has 19 heteroatoms. The summed E-state index contributed by atoms with van der Waals surface area (Å²) in [5, 5.41) is 0. The van der Waals surface area contributed by atoms with Gasteiger partial charge in [-0.1, -0.05) is 0 Å². The molecule has 0 aromatic heterocycles. The van der Waals surface area contributed by atoms with Crippen molar-refractivity contribution in [3.05, 3.63) is 0 Å². The van der Waals surface area contributed by atoms with E-state index < -0.39 is 122 Å². The molecule has 2 rings (SSSR count). The van der Waals surface area contributed by atoms with Gasteiger partial charge in [0.1, 0.15) is 25.4 Å². The summed E-state index contributed by atoms with van der Waals surface area (Å²) in [4.78, 5) is 96.2. The van der Waals surface area contributed by atoms with Crippen molar-refractivity contribution in [3.63, 3.8) is 0 Å². The van der Waals surface area contributed by atoms with Crippen molar-refractivity contribution >= 4 is 47.8 Å². The highest BCUT2D eigenvalue weighted by Gasteiger charge is 2.57. The third-order valence-corrected chi connectivity index (χ3v) is 6.16. The quantitative estimate of drug-likeness (QED) is 0.181. The Morgan fingerprint density at radius 2 is 0.638 bits per heavy atom. The largest absolute Gasteiger partial charge is 0.463 e. The third-order valence-electron chi connectivity index (χ3n) is 6.16. The van der Waals surface area contributed by atoms with Crippen LogP contribution in [0.2, 0.25) is 0 Å². The molecular formula is C28H38O19. The van der Waals surface area contributed by atoms with Crippen molar-refractivity contribution in [1.29, 1.82) is 0 Å². The molecule has 2 saturated heterocycles. The first kappa shape index (κ1) is 38.8. The Hall–Kier alpha value is -4.36. The first-order valence-corrected chi connectivity index (χ1v) is 14.2. The van der Waals surface area contributed by atoms with Gasteiger partial charge in [-0.25, -0.2) is 0 Å². The summed E-state index contributed by atoms with van der Waals surface area (Å²) in [5.41, 5.74) is 0. The predicted octanol–water partition coefficient (Wildman–Crippen LogP) is -0.831. The van der Waals surface area contributed by atoms with E-state index in [0.29, 0.717) is 0 Å². The van der Waals surface area contributed by atoms with Crippen LogP contribution in [0.15, 0.2) is 0 Å². The van der Waals surface area contributed by atoms with Gasteiger partial charge in [0.15, 0.2) is 36.6 Å². The van der Waals surface area contributed by atoms with Crippen LogP contribution in [0.3, 0.4) is 0 Å². The molecule has 264 valence electrons. The van der Waals surface area contributed by atoms with Crippen LogP contribution in [-0.4, -0.2) is 122 Å². The third kappa shape index (κ3) is 12.1. The average Bonchev–Trinajstić information content (AvgIpc) is 2.91. The van der Waals surface area contributed by atoms with E-state index in [1.54, 1.807) is 0 Å². The first-order chi connectivity index (χ1) is 21.9. The van der Waals surface area contributed by atoms with Gasteiger partial charge in [-0.05, 0) is 0 Å². The summed E-state index contributed by atoms with van der Waals surface area (Å²) >= 11 is 0. The molecule has 0 spiro atoms. The Morgan fingerprint density at radius 3 is 0.894 bits per heavy atom. The fourth-order valence-corrected chi connectivity index (χ4v) is 4.73. The summed E-state index contributed by atoms with van der Waals surface area (Å²) in [7, 11) is 0. The van der Waals surface area contributed by atoms with Crippen LogP contribution < -0.4 is 0 Å². The number of esters is 8. The molecule has 19 nitrogen and oxygen atoms in total. The minimum atomic E-state index is -1.84. The van der Waals surface area contributed by atoms with Crippen LogP contribution in [-0.2, 0) is 90.5 Å². The Labute approximate surface area is 268 Å². The maximum atomic E-state index is 12.2. The standard InChI is InChI=1S/C28H38O19/c1-11(29)37-9-19-21(39-13(3)31)23(41-15(5)33)25(43-17(7)35)27(45-19)47-28-26(44-18(8)36)24(42-16(6)34)22(40-14(4)32)20(46-28)10-38-12(2)30/h19-28H,9-10H2,1-8H3/t19?,20?,21-,22+,23+,24?,25?,26?,27-,28+/m1/s1. The Balaban J connectivity index is 2.69. The van der Waals surface area contributed by atoms with E-state index in [4.69, 9.17) is 52.1 Å². The normalized spacial score (nSPS) is 30.0. The second-order valence-electron chi connectivity index (χ2n) is 10.3. The summed E-state index contributed by atoms with van der Waals surface area (Å²) in [6, 6.07) is 0. The fourth-order valence-electron chi connectivity index (χ4n) is 4.73. The van der Waals surface area contributed by atoms with Gasteiger partial charge < -0.3 is 52.1 Å². The van der Waals surface area contributed by atoms with Gasteiger partial charge in [0.25, 0.3) is 0 Å². The van der Waals surface area contributed by atoms with Crippen molar-refractivity contribution < 1.29 is 90.5 Å². The molecule has 2 aliphatic rings. The monoisotopic (exact) mass is 678 g/mol. The molecule has 0 saturated carbocycles. The van der Waals surface area contributed by atoms with Crippen LogP contribution in [0.4, 0.5) is 0 Å². The molecule has 0 radical (unpaired) electrons. The van der Waals surface area contributed by atoms with Crippen LogP contribution in [0, 0.1) is 0 Å². The van der Waals surface area contributed by atoms with Gasteiger partial charge in [0.2, 0.25) is 12.6 Å². The molecule has 0 aromatic rings. The molecule has 0 bridgehead atoms. The van der Waals surface area contributed by atoms with Gasteiger partial charge in [0.05, 0.1) is 0 Å². The van der Waals surface area contributed by atoms with E-state index in [1.165, 1.54) is 0 Å². The van der Waals surface area contributed by atoms with Crippen molar-refractivity contribution in [3.8, 4) is 0 Å². The summed E-state index contributed by atoms with van der Waals surface area (Å²) < 4.78 is 60.1. The van der Waals surface area contributed by atoms with E-state index in [0.717, 1.165) is 55.4 Å². The maximum absolute atomic E-state index is 12.2. The van der Waals surface area contributed by atoms with Crippen molar-refractivity contribution in [2.75, 3.05) is 13.2 Å². The van der Waals surface area contributed by atoms with Crippen molar-refractivity contribution in [2.24, 2.45) is 0 Å². The van der Waals surface area contributed by atoms with Gasteiger partial charge >= 0.3 is 47.8 Å². The topological polar surface area (TPSA) is 238 Å². The minimum Gasteiger partial charge on any atom is -0.463 e. The van der Waals surface area contributed by atoms with Crippen LogP contribution in [0.1, 0.15) is 55.4 Å². The Kier molecular flexibility index (Phi) is 14.5. The zero-order chi connectivity index (χ0) is 35.6. The zero-order valence-corrected chi connectivity index (χ0v) is 26.9. The summed E-state index contributed by atoms with van der Waals surface area (Å²) in [6.07, 6.45) is -16.3. The minimum absolute atomic E-state index is 0.587. The maximum Gasteiger partial charge on any atom is 0.303 e. The van der Waals surface area contributed by atoms with E-state index >= 15 is 0 Å². The highest BCUT2D eigenvalue weighted by molar-refractivity contribution is 5.70. The van der Waals surface area contributed by atoms with E-state index in [9.17, 15) is 38.4 Å². The van der Waals surface area contributed by atoms with Crippen molar-refractivity contribution in [2.45, 2.75) is 117 Å². The van der Waals surface area contributed by atoms with Crippen LogP contribution in [0.25, 0.3) is 0 Å². The predicted molar refractivity (Wildman–Crippen MR) is 145 cm³/mol. The number of carbonyl (C=O) groups excluding carboxylic acids is 8. The van der Waals surface area contributed by atoms with Crippen molar-refractivity contribution in [1.82, 2.24) is 0 Å².